The minimum atomic E-state index is -3.51. The molecule has 6 heteroatoms. The van der Waals surface area contributed by atoms with Gasteiger partial charge in [0.15, 0.2) is 0 Å². The number of methoxy groups -OCH3 is 1. The van der Waals surface area contributed by atoms with Crippen LogP contribution in [0.3, 0.4) is 0 Å². The summed E-state index contributed by atoms with van der Waals surface area (Å²) in [5, 5.41) is 0. The zero-order valence-electron chi connectivity index (χ0n) is 10.5. The van der Waals surface area contributed by atoms with Gasteiger partial charge in [-0.1, -0.05) is 12.2 Å². The van der Waals surface area contributed by atoms with Gasteiger partial charge < -0.3 is 10.5 Å². The van der Waals surface area contributed by atoms with E-state index < -0.39 is 10.0 Å². The Balaban J connectivity index is 2.82. The Morgan fingerprint density at radius 3 is 2.72 bits per heavy atom. The SMILES string of the molecule is C/C=C/CCNS(=O)(=O)c1ccc(OC)c(N)c1. The van der Waals surface area contributed by atoms with Gasteiger partial charge in [-0.2, -0.15) is 0 Å². The lowest BCUT2D eigenvalue weighted by atomic mass is 10.3. The maximum atomic E-state index is 11.9. The van der Waals surface area contributed by atoms with Crippen LogP contribution in [0.1, 0.15) is 13.3 Å². The van der Waals surface area contributed by atoms with Crippen molar-refractivity contribution in [3.63, 3.8) is 0 Å². The highest BCUT2D eigenvalue weighted by atomic mass is 32.2. The van der Waals surface area contributed by atoms with Crippen molar-refractivity contribution in [1.29, 1.82) is 0 Å². The van der Waals surface area contributed by atoms with Crippen molar-refractivity contribution in [3.8, 4) is 5.75 Å². The first-order chi connectivity index (χ1) is 8.51. The highest BCUT2D eigenvalue weighted by Gasteiger charge is 2.14. The molecule has 0 fully saturated rings. The molecular formula is C12H18N2O3S. The molecule has 18 heavy (non-hydrogen) atoms. The Hall–Kier alpha value is -1.53. The molecule has 1 aromatic carbocycles. The summed E-state index contributed by atoms with van der Waals surface area (Å²) in [6.07, 6.45) is 4.42. The van der Waals surface area contributed by atoms with E-state index in [-0.39, 0.29) is 4.90 Å². The molecule has 0 unspecified atom stereocenters. The molecule has 0 heterocycles. The van der Waals surface area contributed by atoms with E-state index in [4.69, 9.17) is 10.5 Å². The van der Waals surface area contributed by atoms with E-state index in [1.807, 2.05) is 19.1 Å². The molecule has 1 aromatic rings. The third-order valence-electron chi connectivity index (χ3n) is 2.35. The number of allylic oxidation sites excluding steroid dienone is 1. The van der Waals surface area contributed by atoms with Gasteiger partial charge in [-0.25, -0.2) is 13.1 Å². The Morgan fingerprint density at radius 2 is 2.17 bits per heavy atom. The number of nitrogens with two attached hydrogens (primary N) is 1. The smallest absolute Gasteiger partial charge is 0.240 e. The van der Waals surface area contributed by atoms with Crippen LogP contribution in [0, 0.1) is 0 Å². The van der Waals surface area contributed by atoms with Crippen LogP contribution < -0.4 is 15.2 Å². The molecule has 0 bridgehead atoms. The lowest BCUT2D eigenvalue weighted by Gasteiger charge is -2.08. The summed E-state index contributed by atoms with van der Waals surface area (Å²) in [5.41, 5.74) is 5.98. The van der Waals surface area contributed by atoms with Crippen molar-refractivity contribution in [2.45, 2.75) is 18.2 Å². The second kappa shape index (κ2) is 6.42. The van der Waals surface area contributed by atoms with E-state index in [1.165, 1.54) is 25.3 Å². The van der Waals surface area contributed by atoms with Crippen molar-refractivity contribution in [2.24, 2.45) is 0 Å². The number of ether oxygens (including phenoxy) is 1. The van der Waals surface area contributed by atoms with Gasteiger partial charge in [0.25, 0.3) is 0 Å². The molecule has 0 spiro atoms. The fraction of sp³-hybridized carbons (Fsp3) is 0.333. The number of benzene rings is 1. The zero-order valence-corrected chi connectivity index (χ0v) is 11.3. The van der Waals surface area contributed by atoms with Gasteiger partial charge in [-0.05, 0) is 31.5 Å². The van der Waals surface area contributed by atoms with E-state index in [2.05, 4.69) is 4.72 Å². The molecule has 0 aliphatic heterocycles. The molecule has 100 valence electrons. The molecule has 0 saturated carbocycles. The van der Waals surface area contributed by atoms with Crippen LogP contribution in [0.5, 0.6) is 5.75 Å². The molecule has 0 aromatic heterocycles. The second-order valence-electron chi connectivity index (χ2n) is 3.66. The highest BCUT2D eigenvalue weighted by Crippen LogP contribution is 2.24. The predicted molar refractivity (Wildman–Crippen MR) is 72.0 cm³/mol. The number of nitrogen functional groups attached to an aromatic ring is 1. The molecule has 0 radical (unpaired) electrons. The van der Waals surface area contributed by atoms with Crippen LogP contribution in [0.2, 0.25) is 0 Å². The van der Waals surface area contributed by atoms with Crippen molar-refractivity contribution in [3.05, 3.63) is 30.4 Å². The summed E-state index contributed by atoms with van der Waals surface area (Å²) < 4.78 is 31.3. The first kappa shape index (κ1) is 14.5. The Morgan fingerprint density at radius 1 is 1.44 bits per heavy atom. The number of sulfonamides is 1. The van der Waals surface area contributed by atoms with Gasteiger partial charge >= 0.3 is 0 Å². The van der Waals surface area contributed by atoms with E-state index >= 15 is 0 Å². The lowest BCUT2D eigenvalue weighted by Crippen LogP contribution is -2.24. The topological polar surface area (TPSA) is 81.4 Å². The second-order valence-corrected chi connectivity index (χ2v) is 5.43. The monoisotopic (exact) mass is 270 g/mol. The number of anilines is 1. The maximum Gasteiger partial charge on any atom is 0.240 e. The first-order valence-electron chi connectivity index (χ1n) is 5.55. The molecule has 5 nitrogen and oxygen atoms in total. The van der Waals surface area contributed by atoms with Crippen molar-refractivity contribution >= 4 is 15.7 Å². The predicted octanol–water partition coefficient (Wildman–Crippen LogP) is 1.52. The minimum Gasteiger partial charge on any atom is -0.495 e. The molecule has 0 atom stereocenters. The Kier molecular flexibility index (Phi) is 5.18. The zero-order chi connectivity index (χ0) is 13.6. The average Bonchev–Trinajstić information content (AvgIpc) is 2.34. The van der Waals surface area contributed by atoms with Crippen LogP contribution in [-0.4, -0.2) is 22.1 Å². The standard InChI is InChI=1S/C12H18N2O3S/c1-3-4-5-8-14-18(15,16)10-6-7-12(17-2)11(13)9-10/h3-4,6-7,9,14H,5,8,13H2,1-2H3/b4-3+. The highest BCUT2D eigenvalue weighted by molar-refractivity contribution is 7.89. The third-order valence-corrected chi connectivity index (χ3v) is 3.81. The van der Waals surface area contributed by atoms with Gasteiger partial charge in [0.05, 0.1) is 17.7 Å². The fourth-order valence-corrected chi connectivity index (χ4v) is 2.49. The van der Waals surface area contributed by atoms with Crippen LogP contribution in [-0.2, 0) is 10.0 Å². The molecular weight excluding hydrogens is 252 g/mol. The van der Waals surface area contributed by atoms with Crippen molar-refractivity contribution < 1.29 is 13.2 Å². The number of hydrogen-bond donors (Lipinski definition) is 2. The van der Waals surface area contributed by atoms with Crippen LogP contribution in [0.25, 0.3) is 0 Å². The first-order valence-corrected chi connectivity index (χ1v) is 7.04. The van der Waals surface area contributed by atoms with E-state index in [0.717, 1.165) is 0 Å². The fourth-order valence-electron chi connectivity index (χ4n) is 1.41. The van der Waals surface area contributed by atoms with Crippen LogP contribution >= 0.6 is 0 Å². The van der Waals surface area contributed by atoms with Crippen LogP contribution in [0.4, 0.5) is 5.69 Å². The van der Waals surface area contributed by atoms with Gasteiger partial charge in [0, 0.05) is 6.54 Å². The van der Waals surface area contributed by atoms with Crippen molar-refractivity contribution in [1.82, 2.24) is 4.72 Å². The number of rotatable bonds is 6. The summed E-state index contributed by atoms with van der Waals surface area (Å²) in [7, 11) is -2.03. The summed E-state index contributed by atoms with van der Waals surface area (Å²) >= 11 is 0. The molecule has 0 amide bonds. The summed E-state index contributed by atoms with van der Waals surface area (Å²) in [6.45, 7) is 2.25. The summed E-state index contributed by atoms with van der Waals surface area (Å²) in [5.74, 6) is 0.461. The third kappa shape index (κ3) is 3.75. The number of hydrogen-bond acceptors (Lipinski definition) is 4. The van der Waals surface area contributed by atoms with E-state index in [1.54, 1.807) is 0 Å². The largest absolute Gasteiger partial charge is 0.495 e. The molecule has 0 aliphatic carbocycles. The van der Waals surface area contributed by atoms with Gasteiger partial charge in [0.2, 0.25) is 10.0 Å². The van der Waals surface area contributed by atoms with Gasteiger partial charge in [-0.15, -0.1) is 0 Å². The summed E-state index contributed by atoms with van der Waals surface area (Å²) in [6, 6.07) is 4.39. The molecule has 0 aliphatic rings. The Labute approximate surface area is 108 Å². The summed E-state index contributed by atoms with van der Waals surface area (Å²) in [4.78, 5) is 0.140. The quantitative estimate of drug-likeness (QED) is 0.466. The lowest BCUT2D eigenvalue weighted by molar-refractivity contribution is 0.416. The maximum absolute atomic E-state index is 11.9. The van der Waals surface area contributed by atoms with E-state index in [0.29, 0.717) is 24.4 Å². The molecule has 0 saturated heterocycles. The van der Waals surface area contributed by atoms with Crippen LogP contribution in [0.15, 0.2) is 35.2 Å². The Bertz CT molecular complexity index is 524. The van der Waals surface area contributed by atoms with Crippen molar-refractivity contribution in [2.75, 3.05) is 19.4 Å². The minimum absolute atomic E-state index is 0.140. The average molecular weight is 270 g/mol. The number of nitrogens with one attached hydrogen (secondary N) is 1. The van der Waals surface area contributed by atoms with Gasteiger partial charge in [-0.3, -0.25) is 0 Å². The molecule has 1 rings (SSSR count). The normalized spacial score (nSPS) is 11.9. The van der Waals surface area contributed by atoms with Gasteiger partial charge in [0.1, 0.15) is 5.75 Å². The molecule has 3 N–H and O–H groups in total. The van der Waals surface area contributed by atoms with E-state index in [9.17, 15) is 8.42 Å².